The molecule has 0 aromatic rings. The zero-order chi connectivity index (χ0) is 16.7. The van der Waals surface area contributed by atoms with Gasteiger partial charge in [-0.15, -0.1) is 0 Å². The molecule has 0 bridgehead atoms. The fraction of sp³-hybridized carbons (Fsp3) is 0.842. The van der Waals surface area contributed by atoms with E-state index in [-0.39, 0.29) is 5.41 Å². The second-order valence-electron chi connectivity index (χ2n) is 8.04. The van der Waals surface area contributed by atoms with Crippen molar-refractivity contribution in [3.05, 3.63) is 12.2 Å². The normalized spacial score (nSPS) is 29.4. The Kier molecular flexibility index (Phi) is 6.94. The van der Waals surface area contributed by atoms with Gasteiger partial charge in [-0.1, -0.05) is 32.9 Å². The Balaban J connectivity index is 1.78. The number of allylic oxidation sites excluding steroid dienone is 2. The first kappa shape index (κ1) is 18.3. The van der Waals surface area contributed by atoms with Crippen LogP contribution in [0.2, 0.25) is 0 Å². The number of guanidine groups is 1. The zero-order valence-electron chi connectivity index (χ0n) is 15.4. The van der Waals surface area contributed by atoms with Crippen LogP contribution in [0.3, 0.4) is 0 Å². The highest BCUT2D eigenvalue weighted by Gasteiger charge is 2.35. The molecular formula is C19H35N3O. The van der Waals surface area contributed by atoms with Crippen LogP contribution in [-0.4, -0.2) is 38.8 Å². The van der Waals surface area contributed by atoms with Crippen LogP contribution < -0.4 is 10.6 Å². The van der Waals surface area contributed by atoms with Gasteiger partial charge in [-0.25, -0.2) is 0 Å². The third-order valence-corrected chi connectivity index (χ3v) is 4.99. The number of rotatable bonds is 4. The van der Waals surface area contributed by atoms with Crippen molar-refractivity contribution in [3.63, 3.8) is 0 Å². The van der Waals surface area contributed by atoms with Gasteiger partial charge in [0.25, 0.3) is 0 Å². The van der Waals surface area contributed by atoms with Crippen LogP contribution in [0.1, 0.15) is 52.9 Å². The largest absolute Gasteiger partial charge is 0.377 e. The molecular weight excluding hydrogens is 286 g/mol. The smallest absolute Gasteiger partial charge is 0.190 e. The summed E-state index contributed by atoms with van der Waals surface area (Å²) in [6.45, 7) is 9.68. The fourth-order valence-electron chi connectivity index (χ4n) is 3.74. The van der Waals surface area contributed by atoms with Crippen LogP contribution in [0, 0.1) is 17.3 Å². The second kappa shape index (κ2) is 8.72. The molecule has 0 aromatic carbocycles. The average molecular weight is 322 g/mol. The summed E-state index contributed by atoms with van der Waals surface area (Å²) in [6, 6.07) is 0. The van der Waals surface area contributed by atoms with E-state index in [1.165, 1.54) is 32.1 Å². The quantitative estimate of drug-likeness (QED) is 0.474. The highest BCUT2D eigenvalue weighted by molar-refractivity contribution is 5.79. The standard InChI is InChI=1S/C19H35N3O/c1-19(2,3)17-16(11-8-12-23-17)14-22-18(20-4)21-13-15-9-6-5-7-10-15/h5-6,15-17H,7-14H2,1-4H3,(H2,20,21,22). The van der Waals surface area contributed by atoms with Crippen molar-refractivity contribution in [1.82, 2.24) is 10.6 Å². The third-order valence-electron chi connectivity index (χ3n) is 4.99. The van der Waals surface area contributed by atoms with Gasteiger partial charge in [-0.05, 0) is 43.4 Å². The van der Waals surface area contributed by atoms with Gasteiger partial charge < -0.3 is 15.4 Å². The summed E-state index contributed by atoms with van der Waals surface area (Å²) in [5, 5.41) is 7.02. The summed E-state index contributed by atoms with van der Waals surface area (Å²) >= 11 is 0. The Hall–Kier alpha value is -1.03. The Morgan fingerprint density at radius 3 is 2.61 bits per heavy atom. The molecule has 1 aliphatic carbocycles. The Bertz CT molecular complexity index is 411. The van der Waals surface area contributed by atoms with Crippen LogP contribution >= 0.6 is 0 Å². The molecule has 1 aliphatic heterocycles. The monoisotopic (exact) mass is 321 g/mol. The molecule has 0 amide bonds. The van der Waals surface area contributed by atoms with Crippen LogP contribution in [0.15, 0.2) is 17.1 Å². The summed E-state index contributed by atoms with van der Waals surface area (Å²) < 4.78 is 6.07. The lowest BCUT2D eigenvalue weighted by Gasteiger charge is -2.40. The first-order chi connectivity index (χ1) is 11.0. The van der Waals surface area contributed by atoms with Gasteiger partial charge in [0, 0.05) is 32.7 Å². The number of hydrogen-bond donors (Lipinski definition) is 2. The van der Waals surface area contributed by atoms with E-state index in [0.29, 0.717) is 12.0 Å². The maximum atomic E-state index is 6.07. The first-order valence-corrected chi connectivity index (χ1v) is 9.22. The van der Waals surface area contributed by atoms with E-state index >= 15 is 0 Å². The van der Waals surface area contributed by atoms with Crippen LogP contribution in [0.4, 0.5) is 0 Å². The number of nitrogens with one attached hydrogen (secondary N) is 2. The second-order valence-corrected chi connectivity index (χ2v) is 8.04. The molecule has 132 valence electrons. The maximum Gasteiger partial charge on any atom is 0.190 e. The third kappa shape index (κ3) is 5.83. The zero-order valence-corrected chi connectivity index (χ0v) is 15.4. The van der Waals surface area contributed by atoms with Crippen LogP contribution in [-0.2, 0) is 4.74 Å². The van der Waals surface area contributed by atoms with Crippen molar-refractivity contribution in [1.29, 1.82) is 0 Å². The summed E-state index contributed by atoms with van der Waals surface area (Å²) in [7, 11) is 1.86. The lowest BCUT2D eigenvalue weighted by Crippen LogP contribution is -2.48. The minimum absolute atomic E-state index is 0.193. The van der Waals surface area contributed by atoms with Crippen molar-refractivity contribution in [3.8, 4) is 0 Å². The van der Waals surface area contributed by atoms with Crippen molar-refractivity contribution in [2.75, 3.05) is 26.7 Å². The Morgan fingerprint density at radius 2 is 1.96 bits per heavy atom. The molecule has 2 aliphatic rings. The molecule has 1 fully saturated rings. The minimum Gasteiger partial charge on any atom is -0.377 e. The molecule has 0 spiro atoms. The minimum atomic E-state index is 0.193. The van der Waals surface area contributed by atoms with E-state index < -0.39 is 0 Å². The molecule has 23 heavy (non-hydrogen) atoms. The highest BCUT2D eigenvalue weighted by Crippen LogP contribution is 2.33. The molecule has 0 aromatic heterocycles. The topological polar surface area (TPSA) is 45.7 Å². The van der Waals surface area contributed by atoms with Crippen molar-refractivity contribution in [2.24, 2.45) is 22.2 Å². The van der Waals surface area contributed by atoms with Crippen molar-refractivity contribution < 1.29 is 4.74 Å². The fourth-order valence-corrected chi connectivity index (χ4v) is 3.74. The van der Waals surface area contributed by atoms with E-state index in [1.54, 1.807) is 0 Å². The first-order valence-electron chi connectivity index (χ1n) is 9.22. The van der Waals surface area contributed by atoms with E-state index in [1.807, 2.05) is 7.05 Å². The van der Waals surface area contributed by atoms with Gasteiger partial charge in [0.15, 0.2) is 5.96 Å². The molecule has 2 rings (SSSR count). The SMILES string of the molecule is CN=C(NCC1CC=CCC1)NCC1CCCOC1C(C)(C)C. The van der Waals surface area contributed by atoms with E-state index in [2.05, 4.69) is 48.5 Å². The number of hydrogen-bond acceptors (Lipinski definition) is 2. The Labute approximate surface area is 142 Å². The molecule has 2 N–H and O–H groups in total. The van der Waals surface area contributed by atoms with Gasteiger partial charge in [-0.2, -0.15) is 0 Å². The molecule has 3 atom stereocenters. The van der Waals surface area contributed by atoms with Crippen molar-refractivity contribution in [2.45, 2.75) is 59.0 Å². The number of nitrogens with zero attached hydrogens (tertiary/aromatic N) is 1. The summed E-state index contributed by atoms with van der Waals surface area (Å²) in [5.74, 6) is 2.22. The lowest BCUT2D eigenvalue weighted by atomic mass is 9.78. The predicted molar refractivity (Wildman–Crippen MR) is 97.8 cm³/mol. The lowest BCUT2D eigenvalue weighted by molar-refractivity contribution is -0.0835. The Morgan fingerprint density at radius 1 is 1.17 bits per heavy atom. The predicted octanol–water partition coefficient (Wildman–Crippen LogP) is 3.35. The molecule has 1 saturated heterocycles. The van der Waals surface area contributed by atoms with E-state index in [4.69, 9.17) is 4.74 Å². The molecule has 4 nitrogen and oxygen atoms in total. The van der Waals surface area contributed by atoms with E-state index in [0.717, 1.165) is 31.6 Å². The van der Waals surface area contributed by atoms with Crippen LogP contribution in [0.25, 0.3) is 0 Å². The van der Waals surface area contributed by atoms with Gasteiger partial charge in [0.2, 0.25) is 0 Å². The summed E-state index contributed by atoms with van der Waals surface area (Å²) in [4.78, 5) is 4.38. The van der Waals surface area contributed by atoms with Crippen LogP contribution in [0.5, 0.6) is 0 Å². The molecule has 3 unspecified atom stereocenters. The van der Waals surface area contributed by atoms with Gasteiger partial charge in [0.05, 0.1) is 6.10 Å². The van der Waals surface area contributed by atoms with Crippen molar-refractivity contribution >= 4 is 5.96 Å². The van der Waals surface area contributed by atoms with E-state index in [9.17, 15) is 0 Å². The summed E-state index contributed by atoms with van der Waals surface area (Å²) in [5.41, 5.74) is 0.193. The maximum absolute atomic E-state index is 6.07. The summed E-state index contributed by atoms with van der Waals surface area (Å²) in [6.07, 6.45) is 11.0. The number of ether oxygens (including phenoxy) is 1. The van der Waals surface area contributed by atoms with Gasteiger partial charge >= 0.3 is 0 Å². The number of aliphatic imine (C=N–C) groups is 1. The van der Waals surface area contributed by atoms with Gasteiger partial charge in [-0.3, -0.25) is 4.99 Å². The van der Waals surface area contributed by atoms with Gasteiger partial charge in [0.1, 0.15) is 0 Å². The molecule has 0 radical (unpaired) electrons. The molecule has 0 saturated carbocycles. The average Bonchev–Trinajstić information content (AvgIpc) is 2.55. The molecule has 4 heteroatoms. The highest BCUT2D eigenvalue weighted by atomic mass is 16.5. The molecule has 1 heterocycles.